The Morgan fingerprint density at radius 2 is 1.90 bits per heavy atom. The number of pyridine rings is 1. The van der Waals surface area contributed by atoms with Gasteiger partial charge >= 0.3 is 5.97 Å². The Labute approximate surface area is 172 Å². The standard InChI is InChI=1S/C24H30N2O3/c1-24(2,3)16-10-11-20-18(14-16)22(17-8-4-5-9-19(17)25-20)23(28)29-15-21(27)26-12-6-7-13-26/h4-5,8-9,16H,6-7,10-15H2,1-3H3/t16-/m1/s1. The van der Waals surface area contributed by atoms with E-state index in [-0.39, 0.29) is 17.9 Å². The highest BCUT2D eigenvalue weighted by atomic mass is 16.5. The van der Waals surface area contributed by atoms with E-state index in [2.05, 4.69) is 20.8 Å². The van der Waals surface area contributed by atoms with Crippen LogP contribution in [0.2, 0.25) is 0 Å². The molecule has 154 valence electrons. The Bertz CT molecular complexity index is 939. The fourth-order valence-corrected chi connectivity index (χ4v) is 4.62. The Morgan fingerprint density at radius 1 is 1.17 bits per heavy atom. The van der Waals surface area contributed by atoms with Crippen molar-refractivity contribution in [3.8, 4) is 0 Å². The highest BCUT2D eigenvalue weighted by Gasteiger charge is 2.33. The number of amides is 1. The van der Waals surface area contributed by atoms with Crippen molar-refractivity contribution in [2.75, 3.05) is 19.7 Å². The molecule has 1 aliphatic heterocycles. The average molecular weight is 395 g/mol. The number of hydrogen-bond acceptors (Lipinski definition) is 4. The maximum Gasteiger partial charge on any atom is 0.339 e. The number of fused-ring (bicyclic) bond motifs is 2. The van der Waals surface area contributed by atoms with Crippen molar-refractivity contribution in [1.82, 2.24) is 9.88 Å². The van der Waals surface area contributed by atoms with Gasteiger partial charge in [0.1, 0.15) is 0 Å². The van der Waals surface area contributed by atoms with Gasteiger partial charge in [0.2, 0.25) is 0 Å². The third-order valence-corrected chi connectivity index (χ3v) is 6.47. The predicted octanol–water partition coefficient (Wildman–Crippen LogP) is 4.17. The zero-order valence-corrected chi connectivity index (χ0v) is 17.7. The summed E-state index contributed by atoms with van der Waals surface area (Å²) in [5.41, 5.74) is 3.60. The van der Waals surface area contributed by atoms with Gasteiger partial charge < -0.3 is 9.64 Å². The minimum Gasteiger partial charge on any atom is -0.452 e. The minimum atomic E-state index is -0.401. The van der Waals surface area contributed by atoms with Crippen molar-refractivity contribution in [2.45, 2.75) is 52.9 Å². The maximum absolute atomic E-state index is 13.2. The number of nitrogens with zero attached hydrogens (tertiary/aromatic N) is 2. The molecule has 2 heterocycles. The molecule has 0 bridgehead atoms. The van der Waals surface area contributed by atoms with Crippen molar-refractivity contribution in [1.29, 1.82) is 0 Å². The summed E-state index contributed by atoms with van der Waals surface area (Å²) in [6.07, 6.45) is 4.81. The van der Waals surface area contributed by atoms with E-state index in [4.69, 9.17) is 9.72 Å². The Morgan fingerprint density at radius 3 is 2.62 bits per heavy atom. The first-order chi connectivity index (χ1) is 13.8. The summed E-state index contributed by atoms with van der Waals surface area (Å²) in [7, 11) is 0. The van der Waals surface area contributed by atoms with E-state index in [1.54, 1.807) is 4.90 Å². The quantitative estimate of drug-likeness (QED) is 0.734. The van der Waals surface area contributed by atoms with E-state index >= 15 is 0 Å². The zero-order chi connectivity index (χ0) is 20.6. The molecule has 1 atom stereocenters. The molecule has 1 amide bonds. The van der Waals surface area contributed by atoms with Crippen LogP contribution in [-0.4, -0.2) is 41.5 Å². The number of esters is 1. The van der Waals surface area contributed by atoms with Crippen LogP contribution in [0, 0.1) is 11.3 Å². The van der Waals surface area contributed by atoms with Crippen LogP contribution >= 0.6 is 0 Å². The van der Waals surface area contributed by atoms with Crippen molar-refractivity contribution in [3.63, 3.8) is 0 Å². The van der Waals surface area contributed by atoms with Crippen molar-refractivity contribution < 1.29 is 14.3 Å². The summed E-state index contributed by atoms with van der Waals surface area (Å²) in [5.74, 6) is -0.0200. The molecule has 0 N–H and O–H groups in total. The number of aromatic nitrogens is 1. The number of para-hydroxylation sites is 1. The Kier molecular flexibility index (Phi) is 5.32. The van der Waals surface area contributed by atoms with Crippen molar-refractivity contribution >= 4 is 22.8 Å². The number of ether oxygens (including phenoxy) is 1. The van der Waals surface area contributed by atoms with E-state index < -0.39 is 5.97 Å². The summed E-state index contributed by atoms with van der Waals surface area (Å²) < 4.78 is 5.54. The highest BCUT2D eigenvalue weighted by Crippen LogP contribution is 2.39. The second-order valence-electron chi connectivity index (χ2n) is 9.40. The van der Waals surface area contributed by atoms with Crippen LogP contribution in [0.15, 0.2) is 24.3 Å². The summed E-state index contributed by atoms with van der Waals surface area (Å²) in [5, 5.41) is 0.819. The van der Waals surface area contributed by atoms with Gasteiger partial charge in [0.15, 0.2) is 6.61 Å². The predicted molar refractivity (Wildman–Crippen MR) is 113 cm³/mol. The number of hydrogen-bond donors (Lipinski definition) is 0. The van der Waals surface area contributed by atoms with Crippen molar-refractivity contribution in [3.05, 3.63) is 41.1 Å². The first-order valence-corrected chi connectivity index (χ1v) is 10.7. The molecule has 1 fully saturated rings. The summed E-state index contributed by atoms with van der Waals surface area (Å²) >= 11 is 0. The lowest BCUT2D eigenvalue weighted by atomic mass is 9.70. The van der Waals surface area contributed by atoms with Gasteiger partial charge in [-0.15, -0.1) is 0 Å². The molecule has 0 unspecified atom stereocenters. The zero-order valence-electron chi connectivity index (χ0n) is 17.7. The third-order valence-electron chi connectivity index (χ3n) is 6.47. The summed E-state index contributed by atoms with van der Waals surface area (Å²) in [4.78, 5) is 32.2. The van der Waals surface area contributed by atoms with Gasteiger partial charge in [-0.3, -0.25) is 9.78 Å². The van der Waals surface area contributed by atoms with Crippen molar-refractivity contribution in [2.24, 2.45) is 11.3 Å². The van der Waals surface area contributed by atoms with Crippen LogP contribution < -0.4 is 0 Å². The molecule has 0 saturated carbocycles. The third kappa shape index (κ3) is 4.00. The Balaban J connectivity index is 1.66. The molecule has 2 aliphatic rings. The van der Waals surface area contributed by atoms with Crippen LogP contribution in [0.3, 0.4) is 0 Å². The van der Waals surface area contributed by atoms with Gasteiger partial charge in [0, 0.05) is 24.2 Å². The molecule has 5 heteroatoms. The van der Waals surface area contributed by atoms with Gasteiger partial charge in [0.05, 0.1) is 11.1 Å². The number of carbonyl (C=O) groups excluding carboxylic acids is 2. The van der Waals surface area contributed by atoms with Crippen LogP contribution in [-0.2, 0) is 22.4 Å². The fourth-order valence-electron chi connectivity index (χ4n) is 4.62. The monoisotopic (exact) mass is 394 g/mol. The maximum atomic E-state index is 13.2. The molecule has 1 aliphatic carbocycles. The van der Waals surface area contributed by atoms with Crippen LogP contribution in [0.5, 0.6) is 0 Å². The fraction of sp³-hybridized carbons (Fsp3) is 0.542. The molecule has 0 radical (unpaired) electrons. The number of benzene rings is 1. The Hall–Kier alpha value is -2.43. The van der Waals surface area contributed by atoms with E-state index in [1.807, 2.05) is 24.3 Å². The van der Waals surface area contributed by atoms with Gasteiger partial charge in [-0.2, -0.15) is 0 Å². The molecule has 29 heavy (non-hydrogen) atoms. The van der Waals surface area contributed by atoms with Gasteiger partial charge in [-0.1, -0.05) is 39.0 Å². The molecule has 0 spiro atoms. The van der Waals surface area contributed by atoms with E-state index in [0.29, 0.717) is 11.5 Å². The molecule has 2 aromatic rings. The minimum absolute atomic E-state index is 0.101. The molecule has 5 nitrogen and oxygen atoms in total. The van der Waals surface area contributed by atoms with Gasteiger partial charge in [0.25, 0.3) is 5.91 Å². The lowest BCUT2D eigenvalue weighted by Crippen LogP contribution is -2.32. The first kappa shape index (κ1) is 19.9. The lowest BCUT2D eigenvalue weighted by Gasteiger charge is -2.35. The first-order valence-electron chi connectivity index (χ1n) is 10.7. The smallest absolute Gasteiger partial charge is 0.339 e. The molecule has 1 aromatic carbocycles. The van der Waals surface area contributed by atoms with Gasteiger partial charge in [-0.05, 0) is 55.1 Å². The topological polar surface area (TPSA) is 59.5 Å². The van der Waals surface area contributed by atoms with Crippen LogP contribution in [0.25, 0.3) is 10.9 Å². The lowest BCUT2D eigenvalue weighted by molar-refractivity contribution is -0.133. The van der Waals surface area contributed by atoms with Gasteiger partial charge in [-0.25, -0.2) is 4.79 Å². The largest absolute Gasteiger partial charge is 0.452 e. The molecule has 1 aromatic heterocycles. The van der Waals surface area contributed by atoms with E-state index in [9.17, 15) is 9.59 Å². The highest BCUT2D eigenvalue weighted by molar-refractivity contribution is 6.05. The number of aryl methyl sites for hydroxylation is 1. The second kappa shape index (κ2) is 7.77. The summed E-state index contributed by atoms with van der Waals surface area (Å²) in [6, 6.07) is 7.74. The molecule has 1 saturated heterocycles. The molecular weight excluding hydrogens is 364 g/mol. The normalized spacial score (nSPS) is 19.3. The summed E-state index contributed by atoms with van der Waals surface area (Å²) in [6.45, 7) is 8.10. The van der Waals surface area contributed by atoms with Crippen LogP contribution in [0.4, 0.5) is 0 Å². The molecule has 4 rings (SSSR count). The van der Waals surface area contributed by atoms with Crippen LogP contribution in [0.1, 0.15) is 61.6 Å². The second-order valence-corrected chi connectivity index (χ2v) is 9.40. The average Bonchev–Trinajstić information content (AvgIpc) is 3.23. The number of rotatable bonds is 3. The SMILES string of the molecule is CC(C)(C)[C@@H]1CCc2nc3ccccc3c(C(=O)OCC(=O)N3CCCC3)c2C1. The number of likely N-dealkylation sites (tertiary alicyclic amines) is 1. The molecular formula is C24H30N2O3. The van der Waals surface area contributed by atoms with E-state index in [1.165, 1.54) is 0 Å². The van der Waals surface area contributed by atoms with E-state index in [0.717, 1.165) is 67.4 Å². The number of carbonyl (C=O) groups is 2.